The molecule has 0 atom stereocenters. The molecule has 3 heteroatoms. The van der Waals surface area contributed by atoms with Gasteiger partial charge in [0.2, 0.25) is 0 Å². The number of hydrogen-bond acceptors (Lipinski definition) is 2. The maximum Gasteiger partial charge on any atom is 0.136 e. The van der Waals surface area contributed by atoms with Crippen molar-refractivity contribution in [3.8, 4) is 0 Å². The summed E-state index contributed by atoms with van der Waals surface area (Å²) in [5.41, 5.74) is -0.233. The molecule has 0 saturated heterocycles. The van der Waals surface area contributed by atoms with E-state index in [1.54, 1.807) is 6.92 Å². The molecule has 0 heterocycles. The lowest BCUT2D eigenvalue weighted by molar-refractivity contribution is -0.123. The highest BCUT2D eigenvalue weighted by Crippen LogP contribution is 2.16. The van der Waals surface area contributed by atoms with Gasteiger partial charge in [-0.05, 0) is 19.1 Å². The van der Waals surface area contributed by atoms with Gasteiger partial charge >= 0.3 is 0 Å². The highest BCUT2D eigenvalue weighted by molar-refractivity contribution is 7.80. The largest absolute Gasteiger partial charge is 0.299 e. The van der Waals surface area contributed by atoms with Crippen LogP contribution in [0, 0.1) is 5.41 Å². The Labute approximate surface area is 102 Å². The van der Waals surface area contributed by atoms with E-state index in [1.807, 2.05) is 44.2 Å². The van der Waals surface area contributed by atoms with Crippen LogP contribution in [0.15, 0.2) is 30.3 Å². The molecule has 1 nitrogen and oxygen atoms in total. The van der Waals surface area contributed by atoms with Crippen molar-refractivity contribution >= 4 is 30.0 Å². The summed E-state index contributed by atoms with van der Waals surface area (Å²) in [6.07, 6.45) is 0. The van der Waals surface area contributed by atoms with Crippen LogP contribution >= 0.6 is 24.2 Å². The van der Waals surface area contributed by atoms with Crippen LogP contribution in [0.2, 0.25) is 5.02 Å². The molecule has 84 valence electrons. The number of halogens is 1. The average molecular weight is 245 g/mol. The first-order chi connectivity index (χ1) is 6.90. The van der Waals surface area contributed by atoms with Gasteiger partial charge in [0.1, 0.15) is 5.78 Å². The van der Waals surface area contributed by atoms with Crippen LogP contribution in [0.4, 0.5) is 0 Å². The molecule has 0 N–H and O–H groups in total. The van der Waals surface area contributed by atoms with Gasteiger partial charge in [-0.25, -0.2) is 0 Å². The Morgan fingerprint density at radius 1 is 1.33 bits per heavy atom. The Hall–Kier alpha value is -0.470. The maximum absolute atomic E-state index is 10.6. The first-order valence-corrected chi connectivity index (χ1v) is 5.73. The summed E-state index contributed by atoms with van der Waals surface area (Å²) in [4.78, 5) is 10.6. The van der Waals surface area contributed by atoms with E-state index in [0.29, 0.717) is 5.75 Å². The molecular weight excluding hydrogens is 228 g/mol. The molecule has 1 rings (SSSR count). The summed E-state index contributed by atoms with van der Waals surface area (Å²) in [5.74, 6) is 0.829. The van der Waals surface area contributed by atoms with Crippen molar-refractivity contribution in [1.82, 2.24) is 0 Å². The van der Waals surface area contributed by atoms with Crippen molar-refractivity contribution in [2.75, 3.05) is 5.75 Å². The van der Waals surface area contributed by atoms with Gasteiger partial charge in [0, 0.05) is 16.2 Å². The van der Waals surface area contributed by atoms with E-state index in [9.17, 15) is 4.79 Å². The summed E-state index contributed by atoms with van der Waals surface area (Å²) >= 11 is 9.56. The molecule has 15 heavy (non-hydrogen) atoms. The maximum atomic E-state index is 10.6. The summed E-state index contributed by atoms with van der Waals surface area (Å²) < 4.78 is 0. The van der Waals surface area contributed by atoms with Crippen molar-refractivity contribution in [2.24, 2.45) is 5.41 Å². The van der Waals surface area contributed by atoms with E-state index in [0.717, 1.165) is 5.02 Å². The number of Topliss-reactive ketones (excluding diaryl/α,β-unsaturated/α-hetero) is 1. The molecule has 0 spiro atoms. The Balaban J connectivity index is 0.000000262. The van der Waals surface area contributed by atoms with Crippen molar-refractivity contribution in [1.29, 1.82) is 0 Å². The highest BCUT2D eigenvalue weighted by Gasteiger charge is 2.20. The number of ketones is 1. The minimum absolute atomic E-state index is 0.201. The SMILES string of the molecule is CC(=O)C(C)(C)CS.Clc1ccccc1. The third-order valence-corrected chi connectivity index (χ3v) is 3.12. The van der Waals surface area contributed by atoms with Crippen molar-refractivity contribution in [3.63, 3.8) is 0 Å². The van der Waals surface area contributed by atoms with Gasteiger partial charge in [0.05, 0.1) is 0 Å². The normalized spacial score (nSPS) is 10.2. The number of carbonyl (C=O) groups excluding carboxylic acids is 1. The average Bonchev–Trinajstić information content (AvgIpc) is 2.19. The molecule has 0 saturated carbocycles. The van der Waals surface area contributed by atoms with E-state index in [-0.39, 0.29) is 11.2 Å². The molecule has 0 unspecified atom stereocenters. The van der Waals surface area contributed by atoms with Gasteiger partial charge in [-0.3, -0.25) is 4.79 Å². The zero-order valence-corrected chi connectivity index (χ0v) is 11.0. The zero-order chi connectivity index (χ0) is 11.9. The van der Waals surface area contributed by atoms with Gasteiger partial charge in [-0.1, -0.05) is 43.6 Å². The highest BCUT2D eigenvalue weighted by atomic mass is 35.5. The third kappa shape index (κ3) is 6.58. The Kier molecular flexibility index (Phi) is 6.70. The van der Waals surface area contributed by atoms with Crippen LogP contribution in [0.5, 0.6) is 0 Å². The lowest BCUT2D eigenvalue weighted by Gasteiger charge is -2.16. The molecule has 0 bridgehead atoms. The molecule has 0 fully saturated rings. The molecule has 1 aromatic rings. The zero-order valence-electron chi connectivity index (χ0n) is 9.33. The lowest BCUT2D eigenvalue weighted by atomic mass is 9.92. The van der Waals surface area contributed by atoms with Crippen molar-refractivity contribution in [3.05, 3.63) is 35.4 Å². The Morgan fingerprint density at radius 3 is 1.93 bits per heavy atom. The van der Waals surface area contributed by atoms with Crippen molar-refractivity contribution < 1.29 is 4.79 Å². The van der Waals surface area contributed by atoms with Crippen molar-refractivity contribution in [2.45, 2.75) is 20.8 Å². The number of thiol groups is 1. The fraction of sp³-hybridized carbons (Fsp3) is 0.417. The lowest BCUT2D eigenvalue weighted by Crippen LogP contribution is -2.22. The summed E-state index contributed by atoms with van der Waals surface area (Å²) in [6, 6.07) is 9.44. The smallest absolute Gasteiger partial charge is 0.136 e. The minimum Gasteiger partial charge on any atom is -0.299 e. The van der Waals surface area contributed by atoms with E-state index >= 15 is 0 Å². The molecule has 0 aliphatic heterocycles. The van der Waals surface area contributed by atoms with E-state index < -0.39 is 0 Å². The topological polar surface area (TPSA) is 17.1 Å². The first kappa shape index (κ1) is 14.5. The summed E-state index contributed by atoms with van der Waals surface area (Å²) in [5, 5.41) is 0.794. The molecule has 1 aromatic carbocycles. The predicted octanol–water partition coefficient (Wildman–Crippen LogP) is 3.87. The number of carbonyl (C=O) groups is 1. The second-order valence-corrected chi connectivity index (χ2v) is 4.65. The number of hydrogen-bond donors (Lipinski definition) is 1. The van der Waals surface area contributed by atoms with E-state index in [1.165, 1.54) is 0 Å². The summed E-state index contributed by atoms with van der Waals surface area (Å²) in [6.45, 7) is 5.38. The molecule has 0 radical (unpaired) electrons. The predicted molar refractivity (Wildman–Crippen MR) is 69.8 cm³/mol. The monoisotopic (exact) mass is 244 g/mol. The van der Waals surface area contributed by atoms with E-state index in [2.05, 4.69) is 12.6 Å². The fourth-order valence-electron chi connectivity index (χ4n) is 0.526. The quantitative estimate of drug-likeness (QED) is 0.782. The van der Waals surface area contributed by atoms with Crippen LogP contribution in [0.25, 0.3) is 0 Å². The van der Waals surface area contributed by atoms with Crippen LogP contribution in [-0.2, 0) is 4.79 Å². The molecule has 0 aliphatic carbocycles. The van der Waals surface area contributed by atoms with Gasteiger partial charge in [-0.15, -0.1) is 0 Å². The standard InChI is InChI=1S/C6H5Cl.C6H12OS/c7-6-4-2-1-3-5-6;1-5(7)6(2,3)4-8/h1-5H;8H,4H2,1-3H3. The molecule has 0 amide bonds. The Morgan fingerprint density at radius 2 is 1.80 bits per heavy atom. The second kappa shape index (κ2) is 6.91. The molecule has 0 aromatic heterocycles. The van der Waals surface area contributed by atoms with Crippen LogP contribution in [0.1, 0.15) is 20.8 Å². The number of benzene rings is 1. The van der Waals surface area contributed by atoms with Crippen LogP contribution in [0.3, 0.4) is 0 Å². The second-order valence-electron chi connectivity index (χ2n) is 3.89. The van der Waals surface area contributed by atoms with Crippen LogP contribution < -0.4 is 0 Å². The minimum atomic E-state index is -0.233. The molecular formula is C12H17ClOS. The summed E-state index contributed by atoms with van der Waals surface area (Å²) in [7, 11) is 0. The Bertz CT molecular complexity index is 296. The van der Waals surface area contributed by atoms with Gasteiger partial charge in [0.15, 0.2) is 0 Å². The fourth-order valence-corrected chi connectivity index (χ4v) is 0.894. The molecule has 0 aliphatic rings. The van der Waals surface area contributed by atoms with Gasteiger partial charge in [-0.2, -0.15) is 12.6 Å². The van der Waals surface area contributed by atoms with Gasteiger partial charge < -0.3 is 0 Å². The number of rotatable bonds is 2. The third-order valence-electron chi connectivity index (χ3n) is 2.08. The van der Waals surface area contributed by atoms with Crippen LogP contribution in [-0.4, -0.2) is 11.5 Å². The first-order valence-electron chi connectivity index (χ1n) is 4.72. The van der Waals surface area contributed by atoms with E-state index in [4.69, 9.17) is 11.6 Å². The van der Waals surface area contributed by atoms with Gasteiger partial charge in [0.25, 0.3) is 0 Å².